The van der Waals surface area contributed by atoms with E-state index >= 15 is 0 Å². The first kappa shape index (κ1) is 15.3. The van der Waals surface area contributed by atoms with Gasteiger partial charge in [-0.15, -0.1) is 11.3 Å². The Morgan fingerprint density at radius 1 is 1.08 bits per heavy atom. The number of ketones is 1. The number of anilines is 1. The third kappa shape index (κ3) is 2.40. The van der Waals surface area contributed by atoms with E-state index < -0.39 is 5.82 Å². The Labute approximate surface area is 143 Å². The van der Waals surface area contributed by atoms with Crippen molar-refractivity contribution < 1.29 is 14.0 Å². The van der Waals surface area contributed by atoms with Crippen LogP contribution in [0, 0.1) is 5.82 Å². The van der Waals surface area contributed by atoms with Crippen molar-refractivity contribution in [3.63, 3.8) is 0 Å². The molecule has 3 nitrogen and oxygen atoms in total. The number of para-hydroxylation sites is 1. The molecule has 0 unspecified atom stereocenters. The molecule has 2 aromatic rings. The minimum absolute atomic E-state index is 0.0866. The number of amides is 1. The standard InChI is InChI=1S/C19H16FNO2S/c20-13-5-1-2-6-14(13)21-15-7-3-8-16(22)19(15)12(11-18(21)23)17-9-4-10-24-17/h1-2,4-6,9-10,12H,3,7-8,11H2/t12-/m1/s1. The first-order chi connectivity index (χ1) is 11.7. The van der Waals surface area contributed by atoms with Gasteiger partial charge in [0.05, 0.1) is 5.69 Å². The van der Waals surface area contributed by atoms with Crippen molar-refractivity contribution in [1.82, 2.24) is 0 Å². The van der Waals surface area contributed by atoms with E-state index in [1.165, 1.54) is 11.0 Å². The monoisotopic (exact) mass is 341 g/mol. The summed E-state index contributed by atoms with van der Waals surface area (Å²) >= 11 is 1.56. The summed E-state index contributed by atoms with van der Waals surface area (Å²) in [5.74, 6) is -0.691. The number of hydrogen-bond acceptors (Lipinski definition) is 3. The molecule has 5 heteroatoms. The van der Waals surface area contributed by atoms with E-state index in [4.69, 9.17) is 0 Å². The number of halogens is 1. The van der Waals surface area contributed by atoms with Crippen molar-refractivity contribution in [1.29, 1.82) is 0 Å². The summed E-state index contributed by atoms with van der Waals surface area (Å²) < 4.78 is 14.3. The number of rotatable bonds is 2. The Hall–Kier alpha value is -2.27. The number of nitrogens with zero attached hydrogens (tertiary/aromatic N) is 1. The van der Waals surface area contributed by atoms with Gasteiger partial charge in [0, 0.05) is 34.9 Å². The molecule has 0 saturated heterocycles. The van der Waals surface area contributed by atoms with E-state index in [0.29, 0.717) is 30.5 Å². The van der Waals surface area contributed by atoms with Gasteiger partial charge in [-0.1, -0.05) is 18.2 Å². The predicted molar refractivity (Wildman–Crippen MR) is 91.4 cm³/mol. The van der Waals surface area contributed by atoms with Crippen LogP contribution in [-0.2, 0) is 9.59 Å². The van der Waals surface area contributed by atoms with Gasteiger partial charge >= 0.3 is 0 Å². The lowest BCUT2D eigenvalue weighted by atomic mass is 9.79. The van der Waals surface area contributed by atoms with Gasteiger partial charge < -0.3 is 0 Å². The van der Waals surface area contributed by atoms with E-state index in [2.05, 4.69) is 0 Å². The van der Waals surface area contributed by atoms with Crippen LogP contribution >= 0.6 is 11.3 Å². The fraction of sp³-hybridized carbons (Fsp3) is 0.263. The van der Waals surface area contributed by atoms with Crippen LogP contribution in [0.5, 0.6) is 0 Å². The van der Waals surface area contributed by atoms with E-state index in [1.807, 2.05) is 17.5 Å². The van der Waals surface area contributed by atoms with Gasteiger partial charge in [0.1, 0.15) is 5.82 Å². The van der Waals surface area contributed by atoms with Crippen molar-refractivity contribution in [2.45, 2.75) is 31.6 Å². The molecule has 1 amide bonds. The van der Waals surface area contributed by atoms with Crippen LogP contribution in [0.4, 0.5) is 10.1 Å². The molecule has 2 aliphatic rings. The summed E-state index contributed by atoms with van der Waals surface area (Å²) in [7, 11) is 0. The number of allylic oxidation sites excluding steroid dienone is 2. The van der Waals surface area contributed by atoms with Crippen molar-refractivity contribution in [2.24, 2.45) is 0 Å². The molecule has 0 fully saturated rings. The highest BCUT2D eigenvalue weighted by Gasteiger charge is 2.40. The third-order valence-electron chi connectivity index (χ3n) is 4.66. The highest BCUT2D eigenvalue weighted by Crippen LogP contribution is 2.44. The summed E-state index contributed by atoms with van der Waals surface area (Å²) in [6, 6.07) is 10.2. The second kappa shape index (κ2) is 5.98. The van der Waals surface area contributed by atoms with Gasteiger partial charge in [0.15, 0.2) is 5.78 Å². The fourth-order valence-electron chi connectivity index (χ4n) is 3.64. The summed E-state index contributed by atoms with van der Waals surface area (Å²) in [6.07, 6.45) is 2.04. The molecule has 1 aromatic heterocycles. The highest BCUT2D eigenvalue weighted by molar-refractivity contribution is 7.10. The minimum Gasteiger partial charge on any atom is -0.294 e. The van der Waals surface area contributed by atoms with Crippen molar-refractivity contribution in [2.75, 3.05) is 4.90 Å². The van der Waals surface area contributed by atoms with Gasteiger partial charge in [0.2, 0.25) is 5.91 Å². The third-order valence-corrected chi connectivity index (χ3v) is 5.64. The zero-order valence-corrected chi connectivity index (χ0v) is 13.8. The molecular formula is C19H16FNO2S. The first-order valence-electron chi connectivity index (χ1n) is 8.04. The van der Waals surface area contributed by atoms with E-state index in [1.54, 1.807) is 29.5 Å². The molecular weight excluding hydrogens is 325 g/mol. The molecule has 1 atom stereocenters. The van der Waals surface area contributed by atoms with E-state index in [0.717, 1.165) is 4.88 Å². The summed E-state index contributed by atoms with van der Waals surface area (Å²) in [5.41, 5.74) is 1.63. The van der Waals surface area contributed by atoms with E-state index in [9.17, 15) is 14.0 Å². The number of carbonyl (C=O) groups excluding carboxylic acids is 2. The van der Waals surface area contributed by atoms with Crippen LogP contribution in [0.1, 0.15) is 36.5 Å². The Balaban J connectivity index is 1.89. The Morgan fingerprint density at radius 2 is 1.92 bits per heavy atom. The van der Waals surface area contributed by atoms with Crippen LogP contribution in [0.3, 0.4) is 0 Å². The molecule has 0 saturated carbocycles. The largest absolute Gasteiger partial charge is 0.294 e. The molecule has 0 spiro atoms. The molecule has 1 aliphatic carbocycles. The molecule has 24 heavy (non-hydrogen) atoms. The molecule has 0 N–H and O–H groups in total. The molecule has 0 bridgehead atoms. The molecule has 1 aromatic carbocycles. The lowest BCUT2D eigenvalue weighted by Gasteiger charge is -2.38. The second-order valence-corrected chi connectivity index (χ2v) is 7.07. The zero-order chi connectivity index (χ0) is 16.7. The quantitative estimate of drug-likeness (QED) is 0.811. The maximum absolute atomic E-state index is 14.3. The van der Waals surface area contributed by atoms with Crippen molar-refractivity contribution >= 4 is 28.7 Å². The predicted octanol–water partition coefficient (Wildman–Crippen LogP) is 4.41. The van der Waals surface area contributed by atoms with Crippen molar-refractivity contribution in [3.05, 3.63) is 63.7 Å². The zero-order valence-electron chi connectivity index (χ0n) is 13.0. The molecule has 2 heterocycles. The van der Waals surface area contributed by atoms with Crippen LogP contribution in [-0.4, -0.2) is 11.7 Å². The normalized spacial score (nSPS) is 21.2. The summed E-state index contributed by atoms with van der Waals surface area (Å²) in [4.78, 5) is 27.9. The first-order valence-corrected chi connectivity index (χ1v) is 8.92. The molecule has 0 radical (unpaired) electrons. The second-order valence-electron chi connectivity index (χ2n) is 6.09. The van der Waals surface area contributed by atoms with Gasteiger partial charge in [-0.25, -0.2) is 4.39 Å². The van der Waals surface area contributed by atoms with Gasteiger partial charge in [0.25, 0.3) is 0 Å². The van der Waals surface area contributed by atoms with Crippen LogP contribution in [0.25, 0.3) is 0 Å². The lowest BCUT2D eigenvalue weighted by molar-refractivity contribution is -0.119. The minimum atomic E-state index is -0.440. The number of hydrogen-bond donors (Lipinski definition) is 0. The Kier molecular flexibility index (Phi) is 3.81. The Morgan fingerprint density at radius 3 is 2.67 bits per heavy atom. The van der Waals surface area contributed by atoms with Crippen molar-refractivity contribution in [3.8, 4) is 0 Å². The number of benzene rings is 1. The number of carbonyl (C=O) groups is 2. The number of thiophene rings is 1. The molecule has 122 valence electrons. The topological polar surface area (TPSA) is 37.4 Å². The SMILES string of the molecule is O=C1CCCC2=C1[C@@H](c1cccs1)CC(=O)N2c1ccccc1F. The average molecular weight is 341 g/mol. The summed E-state index contributed by atoms with van der Waals surface area (Å²) in [5, 5.41) is 1.95. The van der Waals surface area contributed by atoms with Gasteiger partial charge in [-0.05, 0) is 36.4 Å². The highest BCUT2D eigenvalue weighted by atomic mass is 32.1. The smallest absolute Gasteiger partial charge is 0.232 e. The fourth-order valence-corrected chi connectivity index (χ4v) is 4.47. The van der Waals surface area contributed by atoms with E-state index in [-0.39, 0.29) is 29.7 Å². The van der Waals surface area contributed by atoms with Crippen LogP contribution < -0.4 is 4.90 Å². The molecule has 1 aliphatic heterocycles. The summed E-state index contributed by atoms with van der Waals surface area (Å²) in [6.45, 7) is 0. The average Bonchev–Trinajstić information content (AvgIpc) is 3.10. The lowest BCUT2D eigenvalue weighted by Crippen LogP contribution is -2.40. The van der Waals surface area contributed by atoms with Gasteiger partial charge in [-0.2, -0.15) is 0 Å². The maximum Gasteiger partial charge on any atom is 0.232 e. The Bertz CT molecular complexity index is 841. The van der Waals surface area contributed by atoms with Gasteiger partial charge in [-0.3, -0.25) is 14.5 Å². The van der Waals surface area contributed by atoms with Crippen LogP contribution in [0.2, 0.25) is 0 Å². The number of Topliss-reactive ketones (excluding diaryl/α,β-unsaturated/α-hetero) is 1. The maximum atomic E-state index is 14.3. The molecule has 4 rings (SSSR count). The van der Waals surface area contributed by atoms with Crippen LogP contribution in [0.15, 0.2) is 53.0 Å².